The molecule has 0 atom stereocenters. The first-order chi connectivity index (χ1) is 11.5. The maximum Gasteiger partial charge on any atom is 0.308 e. The van der Waals surface area contributed by atoms with Crippen LogP contribution in [-0.4, -0.2) is 18.0 Å². The minimum atomic E-state index is -4.26. The van der Waals surface area contributed by atoms with Gasteiger partial charge in [-0.1, -0.05) is 70.4 Å². The van der Waals surface area contributed by atoms with Crippen LogP contribution in [0.3, 0.4) is 0 Å². The van der Waals surface area contributed by atoms with Crippen LogP contribution in [0.15, 0.2) is 24.3 Å². The third-order valence-electron chi connectivity index (χ3n) is 4.67. The lowest BCUT2D eigenvalue weighted by Gasteiger charge is -2.27. The second-order valence-electron chi connectivity index (χ2n) is 6.68. The standard InChI is InChI=1S/C18H30N2O3S/c1-2-3-4-5-6-7-8-9-12-15-18(24(21,22)23)19-16-13-10-11-14-17(16)20-18/h10-11,13-14,19-20H,2-9,12,15H2,1H3,(H,21,22,23). The van der Waals surface area contributed by atoms with Crippen LogP contribution in [0.1, 0.15) is 71.1 Å². The van der Waals surface area contributed by atoms with Crippen molar-refractivity contribution in [3.63, 3.8) is 0 Å². The topological polar surface area (TPSA) is 78.4 Å². The highest BCUT2D eigenvalue weighted by Crippen LogP contribution is 2.38. The minimum absolute atomic E-state index is 0.344. The van der Waals surface area contributed by atoms with E-state index in [1.807, 2.05) is 24.3 Å². The predicted octanol–water partition coefficient (Wildman–Crippen LogP) is 4.99. The van der Waals surface area contributed by atoms with E-state index in [9.17, 15) is 13.0 Å². The third-order valence-corrected chi connectivity index (χ3v) is 5.96. The Bertz CT molecular complexity index is 591. The molecule has 0 aliphatic carbocycles. The molecule has 0 saturated carbocycles. The number of benzene rings is 1. The zero-order chi connectivity index (χ0) is 17.5. The second-order valence-corrected chi connectivity index (χ2v) is 8.32. The normalized spacial score (nSPS) is 15.6. The van der Waals surface area contributed by atoms with E-state index in [-0.39, 0.29) is 0 Å². The zero-order valence-corrected chi connectivity index (χ0v) is 15.4. The monoisotopic (exact) mass is 354 g/mol. The second kappa shape index (κ2) is 8.72. The molecule has 1 aliphatic heterocycles. The summed E-state index contributed by atoms with van der Waals surface area (Å²) in [4.78, 5) is -1.49. The molecule has 0 fully saturated rings. The summed E-state index contributed by atoms with van der Waals surface area (Å²) in [7, 11) is -4.26. The molecular weight excluding hydrogens is 324 g/mol. The van der Waals surface area contributed by atoms with Gasteiger partial charge in [0.1, 0.15) is 0 Å². The fourth-order valence-electron chi connectivity index (χ4n) is 3.24. The number of hydrogen-bond donors (Lipinski definition) is 3. The van der Waals surface area contributed by atoms with Gasteiger partial charge in [-0.25, -0.2) is 0 Å². The average Bonchev–Trinajstić information content (AvgIpc) is 2.93. The highest BCUT2D eigenvalue weighted by Gasteiger charge is 2.46. The number of anilines is 2. The van der Waals surface area contributed by atoms with E-state index in [0.717, 1.165) is 19.3 Å². The minimum Gasteiger partial charge on any atom is -0.347 e. The molecular formula is C18H30N2O3S. The van der Waals surface area contributed by atoms with Crippen LogP contribution in [0.2, 0.25) is 0 Å². The molecule has 0 spiro atoms. The number of rotatable bonds is 11. The van der Waals surface area contributed by atoms with E-state index in [4.69, 9.17) is 0 Å². The molecule has 1 aliphatic rings. The number of para-hydroxylation sites is 2. The summed E-state index contributed by atoms with van der Waals surface area (Å²) in [5.41, 5.74) is 1.43. The molecule has 5 nitrogen and oxygen atoms in total. The van der Waals surface area contributed by atoms with Crippen molar-refractivity contribution >= 4 is 21.5 Å². The summed E-state index contributed by atoms with van der Waals surface area (Å²) in [5, 5.41) is 5.93. The summed E-state index contributed by atoms with van der Waals surface area (Å²) in [6.07, 6.45) is 10.8. The van der Waals surface area contributed by atoms with Crippen molar-refractivity contribution in [2.24, 2.45) is 0 Å². The van der Waals surface area contributed by atoms with E-state index in [1.54, 1.807) is 0 Å². The van der Waals surface area contributed by atoms with Crippen molar-refractivity contribution in [2.45, 2.75) is 76.1 Å². The molecule has 24 heavy (non-hydrogen) atoms. The average molecular weight is 355 g/mol. The molecule has 1 aromatic carbocycles. The smallest absolute Gasteiger partial charge is 0.308 e. The lowest BCUT2D eigenvalue weighted by molar-refractivity contribution is 0.434. The first-order valence-corrected chi connectivity index (χ1v) is 10.5. The number of nitrogens with one attached hydrogen (secondary N) is 2. The first kappa shape index (κ1) is 19.1. The Labute approximate surface area is 146 Å². The summed E-state index contributed by atoms with van der Waals surface area (Å²) < 4.78 is 33.6. The first-order valence-electron chi connectivity index (χ1n) is 9.11. The molecule has 6 heteroatoms. The maximum absolute atomic E-state index is 11.9. The van der Waals surface area contributed by atoms with Gasteiger partial charge in [0.15, 0.2) is 0 Å². The lowest BCUT2D eigenvalue weighted by atomic mass is 10.1. The third kappa shape index (κ3) is 4.86. The van der Waals surface area contributed by atoms with Crippen molar-refractivity contribution in [1.29, 1.82) is 0 Å². The molecule has 0 amide bonds. The Morgan fingerprint density at radius 3 is 1.79 bits per heavy atom. The SMILES string of the molecule is CCCCCCCCCCCC1(S(=O)(=O)O)Nc2ccccc2N1. The van der Waals surface area contributed by atoms with Gasteiger partial charge in [0.25, 0.3) is 0 Å². The highest BCUT2D eigenvalue weighted by molar-refractivity contribution is 7.87. The Kier molecular flexibility index (Phi) is 6.92. The molecule has 0 bridgehead atoms. The highest BCUT2D eigenvalue weighted by atomic mass is 32.2. The van der Waals surface area contributed by atoms with E-state index >= 15 is 0 Å². The van der Waals surface area contributed by atoms with Crippen LogP contribution < -0.4 is 10.6 Å². The molecule has 3 N–H and O–H groups in total. The van der Waals surface area contributed by atoms with Crippen molar-refractivity contribution in [3.8, 4) is 0 Å². The van der Waals surface area contributed by atoms with Crippen LogP contribution in [0.4, 0.5) is 11.4 Å². The van der Waals surface area contributed by atoms with E-state index in [0.29, 0.717) is 17.8 Å². The molecule has 2 rings (SSSR count). The summed E-state index contributed by atoms with van der Waals surface area (Å²) in [6, 6.07) is 7.30. The van der Waals surface area contributed by atoms with Gasteiger partial charge in [0.2, 0.25) is 4.99 Å². The van der Waals surface area contributed by atoms with Gasteiger partial charge >= 0.3 is 10.1 Å². The van der Waals surface area contributed by atoms with Crippen LogP contribution in [0.25, 0.3) is 0 Å². The molecule has 0 unspecified atom stereocenters. The quantitative estimate of drug-likeness (QED) is 0.385. The largest absolute Gasteiger partial charge is 0.347 e. The number of fused-ring (bicyclic) bond motifs is 1. The molecule has 1 heterocycles. The Morgan fingerprint density at radius 2 is 1.33 bits per heavy atom. The predicted molar refractivity (Wildman–Crippen MR) is 99.8 cm³/mol. The van der Waals surface area contributed by atoms with Gasteiger partial charge in [-0.15, -0.1) is 0 Å². The van der Waals surface area contributed by atoms with Gasteiger partial charge in [-0.3, -0.25) is 4.55 Å². The molecule has 1 aromatic rings. The fourth-order valence-corrected chi connectivity index (χ4v) is 4.12. The molecule has 0 saturated heterocycles. The van der Waals surface area contributed by atoms with Gasteiger partial charge in [0.05, 0.1) is 11.4 Å². The van der Waals surface area contributed by atoms with Gasteiger partial charge in [0, 0.05) is 6.42 Å². The molecule has 0 aromatic heterocycles. The van der Waals surface area contributed by atoms with Crippen molar-refractivity contribution in [2.75, 3.05) is 10.6 Å². The van der Waals surface area contributed by atoms with Gasteiger partial charge < -0.3 is 10.6 Å². The Morgan fingerprint density at radius 1 is 0.875 bits per heavy atom. The van der Waals surface area contributed by atoms with Crippen LogP contribution in [0.5, 0.6) is 0 Å². The van der Waals surface area contributed by atoms with Crippen LogP contribution in [0, 0.1) is 0 Å². The summed E-state index contributed by atoms with van der Waals surface area (Å²) >= 11 is 0. The van der Waals surface area contributed by atoms with E-state index in [2.05, 4.69) is 17.6 Å². The van der Waals surface area contributed by atoms with Crippen molar-refractivity contribution < 1.29 is 13.0 Å². The maximum atomic E-state index is 11.9. The van der Waals surface area contributed by atoms with Crippen LogP contribution >= 0.6 is 0 Å². The van der Waals surface area contributed by atoms with Gasteiger partial charge in [-0.05, 0) is 18.6 Å². The van der Waals surface area contributed by atoms with E-state index < -0.39 is 15.1 Å². The van der Waals surface area contributed by atoms with Crippen LogP contribution in [-0.2, 0) is 10.1 Å². The summed E-state index contributed by atoms with van der Waals surface area (Å²) in [5.74, 6) is 0. The molecule has 0 radical (unpaired) electrons. The zero-order valence-electron chi connectivity index (χ0n) is 14.6. The van der Waals surface area contributed by atoms with Gasteiger partial charge in [-0.2, -0.15) is 8.42 Å². The summed E-state index contributed by atoms with van der Waals surface area (Å²) in [6.45, 7) is 2.22. The molecule has 136 valence electrons. The van der Waals surface area contributed by atoms with E-state index in [1.165, 1.54) is 38.5 Å². The Hall–Kier alpha value is -1.27. The lowest BCUT2D eigenvalue weighted by Crippen LogP contribution is -2.49. The number of unbranched alkanes of at least 4 members (excludes halogenated alkanes) is 8. The number of hydrogen-bond acceptors (Lipinski definition) is 4. The fraction of sp³-hybridized carbons (Fsp3) is 0.667. The Balaban J connectivity index is 1.77. The van der Waals surface area contributed by atoms with Crippen molar-refractivity contribution in [3.05, 3.63) is 24.3 Å². The van der Waals surface area contributed by atoms with Crippen molar-refractivity contribution in [1.82, 2.24) is 0 Å².